The largest absolute Gasteiger partial charge is 0.357 e. The summed E-state index contributed by atoms with van der Waals surface area (Å²) >= 11 is 0. The number of rotatable bonds is 6. The van der Waals surface area contributed by atoms with Gasteiger partial charge in [-0.1, -0.05) is 6.07 Å². The number of nitrogens with zero attached hydrogens (tertiary/aromatic N) is 3. The van der Waals surface area contributed by atoms with E-state index in [2.05, 4.69) is 27.1 Å². The lowest BCUT2D eigenvalue weighted by atomic mass is 10.0. The van der Waals surface area contributed by atoms with E-state index in [0.29, 0.717) is 17.4 Å². The molecule has 0 spiro atoms. The Morgan fingerprint density at radius 3 is 2.48 bits per heavy atom. The van der Waals surface area contributed by atoms with Crippen LogP contribution in [0.15, 0.2) is 42.5 Å². The summed E-state index contributed by atoms with van der Waals surface area (Å²) in [5.74, 6) is 1.65. The normalized spacial score (nSPS) is 17.4. The number of carbonyl (C=O) groups is 1. The standard InChI is InChI=1S/C22H27FN4O.ClH/c1-26(19-11-13-27(14-12-19)15-16-5-6-16)21-4-2-3-20(24-21)25-22(28)17-7-9-18(23)10-8-17;/h2-4,7-10,16,19H,5-6,11-15H2,1H3,(H,24,25,28);1H. The monoisotopic (exact) mass is 418 g/mol. The van der Waals surface area contributed by atoms with Crippen molar-refractivity contribution in [3.8, 4) is 0 Å². The number of pyridine rings is 1. The number of aromatic nitrogens is 1. The second kappa shape index (κ2) is 9.55. The summed E-state index contributed by atoms with van der Waals surface area (Å²) < 4.78 is 13.0. The van der Waals surface area contributed by atoms with Crippen LogP contribution < -0.4 is 10.2 Å². The molecule has 1 amide bonds. The zero-order valence-corrected chi connectivity index (χ0v) is 17.5. The fourth-order valence-electron chi connectivity index (χ4n) is 3.82. The maximum Gasteiger partial charge on any atom is 0.256 e. The molecular formula is C22H28ClFN4O. The Kier molecular flexibility index (Phi) is 7.09. The molecule has 2 aromatic rings. The van der Waals surface area contributed by atoms with Crippen LogP contribution in [0.5, 0.6) is 0 Å². The molecule has 2 aliphatic rings. The average molecular weight is 419 g/mol. The Morgan fingerprint density at radius 1 is 1.14 bits per heavy atom. The van der Waals surface area contributed by atoms with Gasteiger partial charge in [-0.3, -0.25) is 4.79 Å². The number of carbonyl (C=O) groups excluding carboxylic acids is 1. The highest BCUT2D eigenvalue weighted by atomic mass is 35.5. The SMILES string of the molecule is CN(c1cccc(NC(=O)c2ccc(F)cc2)n1)C1CCN(CC2CC2)CC1.Cl. The van der Waals surface area contributed by atoms with Crippen molar-refractivity contribution in [1.29, 1.82) is 0 Å². The zero-order chi connectivity index (χ0) is 19.5. The van der Waals surface area contributed by atoms with Crippen molar-refractivity contribution in [2.24, 2.45) is 5.92 Å². The third kappa shape index (κ3) is 5.67. The smallest absolute Gasteiger partial charge is 0.256 e. The summed E-state index contributed by atoms with van der Waals surface area (Å²) in [6.45, 7) is 3.55. The summed E-state index contributed by atoms with van der Waals surface area (Å²) in [5, 5.41) is 2.80. The molecule has 156 valence electrons. The van der Waals surface area contributed by atoms with Crippen LogP contribution in [-0.4, -0.2) is 48.5 Å². The summed E-state index contributed by atoms with van der Waals surface area (Å²) in [6, 6.07) is 11.6. The first-order chi connectivity index (χ1) is 13.6. The van der Waals surface area contributed by atoms with Crippen molar-refractivity contribution >= 4 is 29.9 Å². The first-order valence-corrected chi connectivity index (χ1v) is 10.1. The Morgan fingerprint density at radius 2 is 1.83 bits per heavy atom. The highest BCUT2D eigenvalue weighted by Gasteiger charge is 2.28. The van der Waals surface area contributed by atoms with E-state index < -0.39 is 0 Å². The summed E-state index contributed by atoms with van der Waals surface area (Å²) in [7, 11) is 2.08. The summed E-state index contributed by atoms with van der Waals surface area (Å²) in [5.41, 5.74) is 0.407. The molecule has 29 heavy (non-hydrogen) atoms. The van der Waals surface area contributed by atoms with Crippen LogP contribution in [-0.2, 0) is 0 Å². The average Bonchev–Trinajstić information content (AvgIpc) is 3.53. The van der Waals surface area contributed by atoms with Crippen molar-refractivity contribution in [2.45, 2.75) is 31.7 Å². The fourth-order valence-corrected chi connectivity index (χ4v) is 3.82. The maximum absolute atomic E-state index is 13.0. The second-order valence-corrected chi connectivity index (χ2v) is 7.93. The van der Waals surface area contributed by atoms with E-state index in [1.807, 2.05) is 12.1 Å². The molecule has 2 fully saturated rings. The number of anilines is 2. The minimum absolute atomic E-state index is 0. The number of likely N-dealkylation sites (tertiary alicyclic amines) is 1. The maximum atomic E-state index is 13.0. The quantitative estimate of drug-likeness (QED) is 0.763. The molecule has 7 heteroatoms. The number of piperidine rings is 1. The van der Waals surface area contributed by atoms with Gasteiger partial charge in [0.25, 0.3) is 5.91 Å². The molecule has 1 saturated carbocycles. The number of hydrogen-bond acceptors (Lipinski definition) is 4. The third-order valence-electron chi connectivity index (χ3n) is 5.76. The minimum Gasteiger partial charge on any atom is -0.357 e. The van der Waals surface area contributed by atoms with Gasteiger partial charge in [-0.25, -0.2) is 9.37 Å². The van der Waals surface area contributed by atoms with Gasteiger partial charge in [0, 0.05) is 38.3 Å². The zero-order valence-electron chi connectivity index (χ0n) is 16.7. The molecule has 0 bridgehead atoms. The third-order valence-corrected chi connectivity index (χ3v) is 5.76. The van der Waals surface area contributed by atoms with Crippen LogP contribution in [0.3, 0.4) is 0 Å². The van der Waals surface area contributed by atoms with E-state index >= 15 is 0 Å². The molecule has 5 nitrogen and oxygen atoms in total. The molecule has 1 saturated heterocycles. The Balaban J connectivity index is 0.00000240. The van der Waals surface area contributed by atoms with Gasteiger partial charge in [0.1, 0.15) is 17.5 Å². The van der Waals surface area contributed by atoms with Crippen LogP contribution in [0, 0.1) is 11.7 Å². The predicted octanol–water partition coefficient (Wildman–Crippen LogP) is 4.21. The highest BCUT2D eigenvalue weighted by molar-refractivity contribution is 6.03. The van der Waals surface area contributed by atoms with Gasteiger partial charge in [0.2, 0.25) is 0 Å². The number of nitrogens with one attached hydrogen (secondary N) is 1. The molecule has 0 atom stereocenters. The molecule has 0 unspecified atom stereocenters. The topological polar surface area (TPSA) is 48.5 Å². The van der Waals surface area contributed by atoms with Gasteiger partial charge in [0.15, 0.2) is 0 Å². The van der Waals surface area contributed by atoms with Gasteiger partial charge >= 0.3 is 0 Å². The lowest BCUT2D eigenvalue weighted by molar-refractivity contribution is 0.102. The second-order valence-electron chi connectivity index (χ2n) is 7.93. The van der Waals surface area contributed by atoms with E-state index in [1.54, 1.807) is 6.07 Å². The van der Waals surface area contributed by atoms with Gasteiger partial charge in [0.05, 0.1) is 0 Å². The van der Waals surface area contributed by atoms with Crippen molar-refractivity contribution in [3.63, 3.8) is 0 Å². The summed E-state index contributed by atoms with van der Waals surface area (Å²) in [4.78, 5) is 21.8. The van der Waals surface area contributed by atoms with E-state index in [-0.39, 0.29) is 24.1 Å². The Labute approximate surface area is 177 Å². The molecule has 2 heterocycles. The van der Waals surface area contributed by atoms with Crippen molar-refractivity contribution in [2.75, 3.05) is 36.9 Å². The van der Waals surface area contributed by atoms with Crippen LogP contribution in [0.4, 0.5) is 16.0 Å². The Bertz CT molecular complexity index is 820. The molecular weight excluding hydrogens is 391 g/mol. The minimum atomic E-state index is -0.360. The van der Waals surface area contributed by atoms with E-state index in [1.165, 1.54) is 43.7 Å². The molecule has 1 aliphatic heterocycles. The molecule has 1 aliphatic carbocycles. The molecule has 4 rings (SSSR count). The first-order valence-electron chi connectivity index (χ1n) is 10.1. The number of benzene rings is 1. The lowest BCUT2D eigenvalue weighted by Gasteiger charge is -2.37. The van der Waals surface area contributed by atoms with E-state index in [4.69, 9.17) is 0 Å². The lowest BCUT2D eigenvalue weighted by Crippen LogP contribution is -2.44. The molecule has 0 radical (unpaired) electrons. The number of amides is 1. The van der Waals surface area contributed by atoms with Gasteiger partial charge in [-0.15, -0.1) is 12.4 Å². The Hall–Kier alpha value is -2.18. The van der Waals surface area contributed by atoms with Crippen molar-refractivity contribution in [3.05, 3.63) is 53.8 Å². The number of halogens is 2. The molecule has 1 aromatic heterocycles. The van der Waals surface area contributed by atoms with Crippen molar-refractivity contribution < 1.29 is 9.18 Å². The van der Waals surface area contributed by atoms with Crippen LogP contribution in [0.1, 0.15) is 36.0 Å². The van der Waals surface area contributed by atoms with Crippen LogP contribution in [0.25, 0.3) is 0 Å². The fraction of sp³-hybridized carbons (Fsp3) is 0.455. The van der Waals surface area contributed by atoms with Gasteiger partial charge in [-0.2, -0.15) is 0 Å². The first kappa shape index (κ1) is 21.5. The van der Waals surface area contributed by atoms with Gasteiger partial charge in [-0.05, 0) is 68.0 Å². The van der Waals surface area contributed by atoms with E-state index in [0.717, 1.165) is 37.7 Å². The van der Waals surface area contributed by atoms with Gasteiger partial charge < -0.3 is 15.1 Å². The molecule has 1 N–H and O–H groups in total. The van der Waals surface area contributed by atoms with Crippen molar-refractivity contribution in [1.82, 2.24) is 9.88 Å². The highest BCUT2D eigenvalue weighted by Crippen LogP contribution is 2.31. The van der Waals surface area contributed by atoms with Crippen LogP contribution in [0.2, 0.25) is 0 Å². The van der Waals surface area contributed by atoms with E-state index in [9.17, 15) is 9.18 Å². The van der Waals surface area contributed by atoms with Crippen LogP contribution >= 0.6 is 12.4 Å². The predicted molar refractivity (Wildman–Crippen MR) is 116 cm³/mol. The molecule has 1 aromatic carbocycles. The summed E-state index contributed by atoms with van der Waals surface area (Å²) in [6.07, 6.45) is 5.08. The number of hydrogen-bond donors (Lipinski definition) is 1.